The fourth-order valence-electron chi connectivity index (χ4n) is 1.79. The van der Waals surface area contributed by atoms with Gasteiger partial charge in [-0.25, -0.2) is 14.6 Å². The molecule has 0 bridgehead atoms. The van der Waals surface area contributed by atoms with Gasteiger partial charge in [0.1, 0.15) is 12.7 Å². The third-order valence-corrected chi connectivity index (χ3v) is 2.70. The molecule has 0 aliphatic carbocycles. The normalized spacial score (nSPS) is 19.0. The highest BCUT2D eigenvalue weighted by Gasteiger charge is 2.34. The standard InChI is InChI=1S/C11H8N4O3/c16-10-3-8(11(17)18-10)7-1-2-9(13-4-7)15-6-12-5-14-15/h1-2,4-6,8H,3H2. The van der Waals surface area contributed by atoms with Gasteiger partial charge in [-0.05, 0) is 11.6 Å². The van der Waals surface area contributed by atoms with Crippen molar-refractivity contribution in [2.75, 3.05) is 0 Å². The molecule has 2 aromatic rings. The van der Waals surface area contributed by atoms with E-state index in [1.165, 1.54) is 17.3 Å². The summed E-state index contributed by atoms with van der Waals surface area (Å²) in [7, 11) is 0. The lowest BCUT2D eigenvalue weighted by atomic mass is 10.00. The van der Waals surface area contributed by atoms with E-state index in [2.05, 4.69) is 19.8 Å². The van der Waals surface area contributed by atoms with Gasteiger partial charge in [0, 0.05) is 6.20 Å². The van der Waals surface area contributed by atoms with Crippen LogP contribution < -0.4 is 0 Å². The van der Waals surface area contributed by atoms with E-state index in [0.29, 0.717) is 11.4 Å². The van der Waals surface area contributed by atoms with Crippen LogP contribution in [0.2, 0.25) is 0 Å². The van der Waals surface area contributed by atoms with Crippen molar-refractivity contribution in [3.05, 3.63) is 36.5 Å². The van der Waals surface area contributed by atoms with Crippen molar-refractivity contribution in [2.45, 2.75) is 12.3 Å². The lowest BCUT2D eigenvalue weighted by Gasteiger charge is -2.05. The van der Waals surface area contributed by atoms with Gasteiger partial charge in [0.2, 0.25) is 0 Å². The number of rotatable bonds is 2. The molecule has 7 nitrogen and oxygen atoms in total. The molecule has 3 rings (SSSR count). The monoisotopic (exact) mass is 244 g/mol. The average Bonchev–Trinajstić information content (AvgIpc) is 2.99. The van der Waals surface area contributed by atoms with Gasteiger partial charge < -0.3 is 4.74 Å². The van der Waals surface area contributed by atoms with Gasteiger partial charge >= 0.3 is 11.9 Å². The number of cyclic esters (lactones) is 2. The Hall–Kier alpha value is -2.57. The van der Waals surface area contributed by atoms with E-state index in [4.69, 9.17) is 0 Å². The summed E-state index contributed by atoms with van der Waals surface area (Å²) in [6.45, 7) is 0. The number of esters is 2. The second kappa shape index (κ2) is 4.02. The largest absolute Gasteiger partial charge is 0.393 e. The first kappa shape index (κ1) is 10.6. The molecule has 1 aliphatic heterocycles. The zero-order valence-electron chi connectivity index (χ0n) is 9.18. The first-order valence-electron chi connectivity index (χ1n) is 5.29. The molecule has 1 unspecified atom stereocenters. The maximum Gasteiger partial charge on any atom is 0.321 e. The fourth-order valence-corrected chi connectivity index (χ4v) is 1.79. The minimum atomic E-state index is -0.546. The molecular weight excluding hydrogens is 236 g/mol. The Labute approximate surface area is 101 Å². The fraction of sp³-hybridized carbons (Fsp3) is 0.182. The van der Waals surface area contributed by atoms with Gasteiger partial charge in [-0.3, -0.25) is 9.59 Å². The third kappa shape index (κ3) is 1.75. The molecule has 1 aliphatic rings. The van der Waals surface area contributed by atoms with Gasteiger partial charge in [0.05, 0.1) is 12.3 Å². The summed E-state index contributed by atoms with van der Waals surface area (Å²) in [6.07, 6.45) is 4.54. The van der Waals surface area contributed by atoms with Crippen LogP contribution in [0.4, 0.5) is 0 Å². The zero-order chi connectivity index (χ0) is 12.5. The van der Waals surface area contributed by atoms with E-state index in [-0.39, 0.29) is 6.42 Å². The lowest BCUT2D eigenvalue weighted by molar-refractivity contribution is -0.152. The smallest absolute Gasteiger partial charge is 0.321 e. The molecule has 0 aromatic carbocycles. The molecule has 0 N–H and O–H groups in total. The predicted octanol–water partition coefficient (Wildman–Crippen LogP) is 0.219. The summed E-state index contributed by atoms with van der Waals surface area (Å²) in [5.41, 5.74) is 0.662. The molecule has 0 radical (unpaired) electrons. The Morgan fingerprint density at radius 2 is 2.22 bits per heavy atom. The summed E-state index contributed by atoms with van der Waals surface area (Å²) in [5.74, 6) is -0.968. The third-order valence-electron chi connectivity index (χ3n) is 2.70. The SMILES string of the molecule is O=C1CC(c2ccc(-n3cncn3)nc2)C(=O)O1. The molecule has 3 heterocycles. The predicted molar refractivity (Wildman–Crippen MR) is 57.6 cm³/mol. The lowest BCUT2D eigenvalue weighted by Crippen LogP contribution is -2.07. The van der Waals surface area contributed by atoms with E-state index in [9.17, 15) is 9.59 Å². The number of pyridine rings is 1. The van der Waals surface area contributed by atoms with Crippen molar-refractivity contribution in [1.82, 2.24) is 19.7 Å². The molecule has 1 atom stereocenters. The Bertz CT molecular complexity index is 591. The number of aromatic nitrogens is 4. The molecule has 7 heteroatoms. The van der Waals surface area contributed by atoms with Crippen LogP contribution in [-0.2, 0) is 14.3 Å². The topological polar surface area (TPSA) is 87.0 Å². The summed E-state index contributed by atoms with van der Waals surface area (Å²) in [5, 5.41) is 3.94. The molecule has 0 amide bonds. The first-order valence-corrected chi connectivity index (χ1v) is 5.29. The Morgan fingerprint density at radius 3 is 2.78 bits per heavy atom. The number of carbonyl (C=O) groups is 2. The molecule has 90 valence electrons. The van der Waals surface area contributed by atoms with Crippen molar-refractivity contribution in [3.63, 3.8) is 0 Å². The van der Waals surface area contributed by atoms with Crippen LogP contribution in [-0.4, -0.2) is 31.7 Å². The van der Waals surface area contributed by atoms with Crippen LogP contribution >= 0.6 is 0 Å². The Balaban J connectivity index is 1.88. The number of hydrogen-bond acceptors (Lipinski definition) is 6. The van der Waals surface area contributed by atoms with E-state index < -0.39 is 17.9 Å². The van der Waals surface area contributed by atoms with Gasteiger partial charge in [-0.2, -0.15) is 5.10 Å². The summed E-state index contributed by atoms with van der Waals surface area (Å²) in [4.78, 5) is 30.4. The summed E-state index contributed by atoms with van der Waals surface area (Å²) < 4.78 is 6.00. The molecule has 18 heavy (non-hydrogen) atoms. The van der Waals surface area contributed by atoms with Crippen LogP contribution in [0.25, 0.3) is 5.82 Å². The van der Waals surface area contributed by atoms with Crippen molar-refractivity contribution in [2.24, 2.45) is 0 Å². The van der Waals surface area contributed by atoms with Crippen molar-refractivity contribution >= 4 is 11.9 Å². The molecule has 0 spiro atoms. The minimum absolute atomic E-state index is 0.0726. The Morgan fingerprint density at radius 1 is 1.33 bits per heavy atom. The van der Waals surface area contributed by atoms with Crippen molar-refractivity contribution < 1.29 is 14.3 Å². The van der Waals surface area contributed by atoms with Crippen molar-refractivity contribution in [3.8, 4) is 5.82 Å². The first-order chi connectivity index (χ1) is 8.74. The second-order valence-corrected chi connectivity index (χ2v) is 3.84. The maximum atomic E-state index is 11.4. The highest BCUT2D eigenvalue weighted by molar-refractivity contribution is 5.97. The molecule has 1 fully saturated rings. The summed E-state index contributed by atoms with van der Waals surface area (Å²) in [6, 6.07) is 3.44. The van der Waals surface area contributed by atoms with Crippen LogP contribution in [0.5, 0.6) is 0 Å². The number of ether oxygens (including phenoxy) is 1. The molecule has 0 saturated carbocycles. The van der Waals surface area contributed by atoms with E-state index in [1.54, 1.807) is 18.3 Å². The molecule has 1 saturated heterocycles. The maximum absolute atomic E-state index is 11.4. The highest BCUT2D eigenvalue weighted by atomic mass is 16.6. The van der Waals surface area contributed by atoms with Gasteiger partial charge in [0.25, 0.3) is 0 Å². The van der Waals surface area contributed by atoms with Crippen LogP contribution in [0.15, 0.2) is 31.0 Å². The van der Waals surface area contributed by atoms with Gasteiger partial charge in [-0.15, -0.1) is 0 Å². The van der Waals surface area contributed by atoms with Gasteiger partial charge in [0.15, 0.2) is 5.82 Å². The highest BCUT2D eigenvalue weighted by Crippen LogP contribution is 2.27. The molecule has 2 aromatic heterocycles. The number of carbonyl (C=O) groups excluding carboxylic acids is 2. The summed E-state index contributed by atoms with van der Waals surface area (Å²) >= 11 is 0. The zero-order valence-corrected chi connectivity index (χ0v) is 9.18. The van der Waals surface area contributed by atoms with E-state index in [0.717, 1.165) is 0 Å². The quantitative estimate of drug-likeness (QED) is 0.554. The Kier molecular flexibility index (Phi) is 2.36. The number of nitrogens with zero attached hydrogens (tertiary/aromatic N) is 4. The molecular formula is C11H8N4O3. The average molecular weight is 244 g/mol. The van der Waals surface area contributed by atoms with Gasteiger partial charge in [-0.1, -0.05) is 6.07 Å². The number of hydrogen-bond donors (Lipinski definition) is 0. The minimum Gasteiger partial charge on any atom is -0.393 e. The van der Waals surface area contributed by atoms with Crippen LogP contribution in [0.3, 0.4) is 0 Å². The van der Waals surface area contributed by atoms with Crippen LogP contribution in [0.1, 0.15) is 17.9 Å². The second-order valence-electron chi connectivity index (χ2n) is 3.84. The van der Waals surface area contributed by atoms with Crippen molar-refractivity contribution in [1.29, 1.82) is 0 Å². The van der Waals surface area contributed by atoms with Crippen LogP contribution in [0, 0.1) is 0 Å². The van der Waals surface area contributed by atoms with E-state index in [1.807, 2.05) is 0 Å². The van der Waals surface area contributed by atoms with E-state index >= 15 is 0 Å².